The zero-order valence-electron chi connectivity index (χ0n) is 9.12. The second-order valence-corrected chi connectivity index (χ2v) is 3.39. The van der Waals surface area contributed by atoms with E-state index >= 15 is 0 Å². The maximum Gasteiger partial charge on any atom is 0.193 e. The zero-order valence-corrected chi connectivity index (χ0v) is 9.12. The molecule has 0 unspecified atom stereocenters. The summed E-state index contributed by atoms with van der Waals surface area (Å²) >= 11 is 0. The quantitative estimate of drug-likeness (QED) is 0.401. The van der Waals surface area contributed by atoms with Crippen LogP contribution in [0, 0.1) is 5.82 Å². The fraction of sp³-hybridized carbons (Fsp3) is 0.364. The van der Waals surface area contributed by atoms with Crippen LogP contribution in [0.2, 0.25) is 0 Å². The van der Waals surface area contributed by atoms with Crippen LogP contribution >= 0.6 is 0 Å². The van der Waals surface area contributed by atoms with Gasteiger partial charge in [-0.05, 0) is 43.7 Å². The highest BCUT2D eigenvalue weighted by Gasteiger charge is 1.95. The predicted molar refractivity (Wildman–Crippen MR) is 64.8 cm³/mol. The molecule has 0 aromatic heterocycles. The molecule has 0 heterocycles. The molecule has 0 aliphatic rings. The molecule has 88 valence electrons. The first-order valence-corrected chi connectivity index (χ1v) is 5.25. The molecule has 1 rings (SSSR count). The van der Waals surface area contributed by atoms with Crippen LogP contribution in [0.25, 0.3) is 0 Å². The first-order chi connectivity index (χ1) is 7.72. The van der Waals surface area contributed by atoms with Crippen LogP contribution in [-0.4, -0.2) is 19.0 Å². The monoisotopic (exact) mass is 224 g/mol. The van der Waals surface area contributed by atoms with Crippen molar-refractivity contribution in [2.75, 3.05) is 18.4 Å². The number of guanidine groups is 1. The first-order valence-electron chi connectivity index (χ1n) is 5.25. The van der Waals surface area contributed by atoms with Crippen molar-refractivity contribution in [3.63, 3.8) is 0 Å². The summed E-state index contributed by atoms with van der Waals surface area (Å²) < 4.78 is 12.6. The normalized spacial score (nSPS) is 11.5. The Morgan fingerprint density at radius 3 is 2.56 bits per heavy atom. The molecule has 1 aromatic rings. The molecule has 0 saturated heterocycles. The number of unbranched alkanes of at least 4 members (excludes halogenated alkanes) is 1. The SMILES string of the molecule is NCCCCN=C(N)Nc1ccc(F)cc1. The van der Waals surface area contributed by atoms with Crippen LogP contribution in [0.1, 0.15) is 12.8 Å². The lowest BCUT2D eigenvalue weighted by molar-refractivity contribution is 0.628. The van der Waals surface area contributed by atoms with Gasteiger partial charge in [0.25, 0.3) is 0 Å². The van der Waals surface area contributed by atoms with Crippen LogP contribution in [0.15, 0.2) is 29.3 Å². The van der Waals surface area contributed by atoms with Crippen molar-refractivity contribution in [3.8, 4) is 0 Å². The van der Waals surface area contributed by atoms with Gasteiger partial charge in [-0.2, -0.15) is 0 Å². The topological polar surface area (TPSA) is 76.4 Å². The summed E-state index contributed by atoms with van der Waals surface area (Å²) in [7, 11) is 0. The van der Waals surface area contributed by atoms with E-state index in [1.807, 2.05) is 0 Å². The summed E-state index contributed by atoms with van der Waals surface area (Å²) in [5.74, 6) is 0.0626. The third kappa shape index (κ3) is 4.75. The van der Waals surface area contributed by atoms with Gasteiger partial charge in [-0.3, -0.25) is 4.99 Å². The summed E-state index contributed by atoms with van der Waals surface area (Å²) in [5, 5.41) is 2.88. The van der Waals surface area contributed by atoms with Crippen molar-refractivity contribution in [1.29, 1.82) is 0 Å². The number of hydrogen-bond acceptors (Lipinski definition) is 2. The number of nitrogens with one attached hydrogen (secondary N) is 1. The van der Waals surface area contributed by atoms with Gasteiger partial charge in [0.05, 0.1) is 0 Å². The molecular formula is C11H17FN4. The minimum atomic E-state index is -0.274. The predicted octanol–water partition coefficient (Wildman–Crippen LogP) is 1.29. The smallest absolute Gasteiger partial charge is 0.193 e. The number of benzene rings is 1. The van der Waals surface area contributed by atoms with Crippen LogP contribution in [0.5, 0.6) is 0 Å². The lowest BCUT2D eigenvalue weighted by Crippen LogP contribution is -2.22. The Hall–Kier alpha value is -1.62. The third-order valence-corrected chi connectivity index (χ3v) is 2.01. The zero-order chi connectivity index (χ0) is 11.8. The average Bonchev–Trinajstić information content (AvgIpc) is 2.28. The fourth-order valence-electron chi connectivity index (χ4n) is 1.18. The lowest BCUT2D eigenvalue weighted by Gasteiger charge is -2.05. The van der Waals surface area contributed by atoms with E-state index in [0.717, 1.165) is 18.5 Å². The van der Waals surface area contributed by atoms with Gasteiger partial charge in [0, 0.05) is 12.2 Å². The fourth-order valence-corrected chi connectivity index (χ4v) is 1.18. The maximum absolute atomic E-state index is 12.6. The lowest BCUT2D eigenvalue weighted by atomic mass is 10.3. The van der Waals surface area contributed by atoms with Crippen molar-refractivity contribution in [2.45, 2.75) is 12.8 Å². The number of nitrogens with two attached hydrogens (primary N) is 2. The summed E-state index contributed by atoms with van der Waals surface area (Å²) in [6, 6.07) is 5.95. The molecule has 16 heavy (non-hydrogen) atoms. The highest BCUT2D eigenvalue weighted by atomic mass is 19.1. The summed E-state index contributed by atoms with van der Waals surface area (Å²) in [6.45, 7) is 1.32. The van der Waals surface area contributed by atoms with Gasteiger partial charge in [0.1, 0.15) is 5.82 Å². The Balaban J connectivity index is 2.38. The molecule has 0 atom stereocenters. The molecule has 0 fully saturated rings. The number of anilines is 1. The molecule has 0 aliphatic carbocycles. The van der Waals surface area contributed by atoms with Crippen molar-refractivity contribution >= 4 is 11.6 Å². The van der Waals surface area contributed by atoms with Crippen LogP contribution in [0.4, 0.5) is 10.1 Å². The number of hydrogen-bond donors (Lipinski definition) is 3. The van der Waals surface area contributed by atoms with Crippen LogP contribution in [0.3, 0.4) is 0 Å². The molecule has 5 N–H and O–H groups in total. The molecule has 0 radical (unpaired) electrons. The summed E-state index contributed by atoms with van der Waals surface area (Å²) in [5.41, 5.74) is 11.7. The second-order valence-electron chi connectivity index (χ2n) is 3.39. The summed E-state index contributed by atoms with van der Waals surface area (Å²) in [6.07, 6.45) is 1.86. The van der Waals surface area contributed by atoms with Crippen molar-refractivity contribution in [3.05, 3.63) is 30.1 Å². The second kappa shape index (κ2) is 6.79. The largest absolute Gasteiger partial charge is 0.370 e. The van der Waals surface area contributed by atoms with Gasteiger partial charge in [-0.25, -0.2) is 4.39 Å². The van der Waals surface area contributed by atoms with E-state index in [-0.39, 0.29) is 5.82 Å². The number of nitrogens with zero attached hydrogens (tertiary/aromatic N) is 1. The van der Waals surface area contributed by atoms with E-state index in [4.69, 9.17) is 11.5 Å². The van der Waals surface area contributed by atoms with E-state index in [2.05, 4.69) is 10.3 Å². The van der Waals surface area contributed by atoms with Crippen molar-refractivity contribution in [2.24, 2.45) is 16.5 Å². The van der Waals surface area contributed by atoms with E-state index < -0.39 is 0 Å². The van der Waals surface area contributed by atoms with Gasteiger partial charge >= 0.3 is 0 Å². The summed E-state index contributed by atoms with van der Waals surface area (Å²) in [4.78, 5) is 4.11. The third-order valence-electron chi connectivity index (χ3n) is 2.01. The van der Waals surface area contributed by atoms with Gasteiger partial charge in [-0.1, -0.05) is 0 Å². The first kappa shape index (κ1) is 12.4. The minimum absolute atomic E-state index is 0.274. The Labute approximate surface area is 94.5 Å². The Kier molecular flexibility index (Phi) is 5.28. The molecule has 0 bridgehead atoms. The minimum Gasteiger partial charge on any atom is -0.370 e. The standard InChI is InChI=1S/C11H17FN4/c12-9-3-5-10(6-4-9)16-11(14)15-8-2-1-7-13/h3-6H,1-2,7-8,13H2,(H3,14,15,16). The van der Waals surface area contributed by atoms with Gasteiger partial charge in [0.15, 0.2) is 5.96 Å². The van der Waals surface area contributed by atoms with Crippen molar-refractivity contribution in [1.82, 2.24) is 0 Å². The van der Waals surface area contributed by atoms with Gasteiger partial charge in [-0.15, -0.1) is 0 Å². The van der Waals surface area contributed by atoms with Crippen molar-refractivity contribution < 1.29 is 4.39 Å². The Bertz CT molecular complexity index is 334. The maximum atomic E-state index is 12.6. The molecule has 5 heteroatoms. The Morgan fingerprint density at radius 1 is 1.25 bits per heavy atom. The van der Waals surface area contributed by atoms with E-state index in [9.17, 15) is 4.39 Å². The van der Waals surface area contributed by atoms with E-state index in [1.54, 1.807) is 12.1 Å². The molecule has 1 aromatic carbocycles. The highest BCUT2D eigenvalue weighted by Crippen LogP contribution is 2.07. The molecule has 0 aliphatic heterocycles. The molecule has 0 saturated carbocycles. The Morgan fingerprint density at radius 2 is 1.94 bits per heavy atom. The molecule has 0 amide bonds. The van der Waals surface area contributed by atoms with E-state index in [1.165, 1.54) is 12.1 Å². The number of halogens is 1. The van der Waals surface area contributed by atoms with Gasteiger partial charge in [0.2, 0.25) is 0 Å². The number of aliphatic imine (C=N–C) groups is 1. The van der Waals surface area contributed by atoms with Gasteiger partial charge < -0.3 is 16.8 Å². The van der Waals surface area contributed by atoms with Crippen LogP contribution in [-0.2, 0) is 0 Å². The molecular weight excluding hydrogens is 207 g/mol. The van der Waals surface area contributed by atoms with E-state index in [0.29, 0.717) is 19.0 Å². The number of rotatable bonds is 5. The highest BCUT2D eigenvalue weighted by molar-refractivity contribution is 5.92. The molecule has 4 nitrogen and oxygen atoms in total. The van der Waals surface area contributed by atoms with Crippen LogP contribution < -0.4 is 16.8 Å². The average molecular weight is 224 g/mol. The molecule has 0 spiro atoms.